The van der Waals surface area contributed by atoms with Crippen LogP contribution in [0.1, 0.15) is 29.6 Å². The molecule has 1 aromatic carbocycles. The Bertz CT molecular complexity index is 461. The molecule has 1 aliphatic carbocycles. The molecule has 0 aromatic heterocycles. The van der Waals surface area contributed by atoms with E-state index in [-0.39, 0.29) is 22.6 Å². The zero-order valence-corrected chi connectivity index (χ0v) is 11.3. The predicted molar refractivity (Wildman–Crippen MR) is 72.4 cm³/mol. The summed E-state index contributed by atoms with van der Waals surface area (Å²) in [5.41, 5.74) is -0.0499. The molecule has 0 spiro atoms. The molecular formula is C14H20N2O3. The lowest BCUT2D eigenvalue weighted by atomic mass is 9.75. The Balaban J connectivity index is 2.06. The Labute approximate surface area is 112 Å². The van der Waals surface area contributed by atoms with E-state index in [0.29, 0.717) is 6.54 Å². The zero-order chi connectivity index (χ0) is 14.0. The lowest BCUT2D eigenvalue weighted by molar-refractivity contribution is 0.0556. The molecule has 0 radical (unpaired) electrons. The van der Waals surface area contributed by atoms with Gasteiger partial charge in [0.1, 0.15) is 17.1 Å². The zero-order valence-electron chi connectivity index (χ0n) is 11.3. The van der Waals surface area contributed by atoms with Gasteiger partial charge in [0.05, 0.1) is 0 Å². The summed E-state index contributed by atoms with van der Waals surface area (Å²) < 4.78 is 0. The summed E-state index contributed by atoms with van der Waals surface area (Å²) in [7, 11) is 4.01. The van der Waals surface area contributed by atoms with Crippen molar-refractivity contribution in [1.82, 2.24) is 10.2 Å². The molecule has 3 N–H and O–H groups in total. The van der Waals surface area contributed by atoms with Gasteiger partial charge in [0.25, 0.3) is 5.91 Å². The second-order valence-electron chi connectivity index (χ2n) is 5.33. The molecule has 1 aromatic rings. The highest BCUT2D eigenvalue weighted by atomic mass is 16.3. The van der Waals surface area contributed by atoms with Crippen molar-refractivity contribution in [3.8, 4) is 11.5 Å². The highest BCUT2D eigenvalue weighted by Gasteiger charge is 2.39. The standard InChI is InChI=1S/C14H20N2O3/c1-16(2)14(7-4-8-14)9-15-13(19)12-10(17)5-3-6-11(12)18/h3,5-6,17-18H,4,7-9H2,1-2H3,(H,15,19). The van der Waals surface area contributed by atoms with E-state index in [1.807, 2.05) is 14.1 Å². The first kappa shape index (κ1) is 13.7. The van der Waals surface area contributed by atoms with Crippen molar-refractivity contribution in [3.05, 3.63) is 23.8 Å². The molecule has 19 heavy (non-hydrogen) atoms. The fourth-order valence-electron chi connectivity index (χ4n) is 2.46. The van der Waals surface area contributed by atoms with Gasteiger partial charge >= 0.3 is 0 Å². The minimum atomic E-state index is -0.441. The molecule has 0 atom stereocenters. The van der Waals surface area contributed by atoms with Crippen molar-refractivity contribution in [1.29, 1.82) is 0 Å². The maximum absolute atomic E-state index is 12.0. The van der Waals surface area contributed by atoms with E-state index in [4.69, 9.17) is 0 Å². The van der Waals surface area contributed by atoms with E-state index >= 15 is 0 Å². The number of hydrogen-bond acceptors (Lipinski definition) is 4. The van der Waals surface area contributed by atoms with Crippen molar-refractivity contribution in [3.63, 3.8) is 0 Å². The van der Waals surface area contributed by atoms with Gasteiger partial charge in [-0.15, -0.1) is 0 Å². The third-order valence-electron chi connectivity index (χ3n) is 4.06. The SMILES string of the molecule is CN(C)C1(CNC(=O)c2c(O)cccc2O)CCC1. The van der Waals surface area contributed by atoms with Gasteiger partial charge in [-0.2, -0.15) is 0 Å². The molecule has 0 saturated heterocycles. The minimum Gasteiger partial charge on any atom is -0.507 e. The topological polar surface area (TPSA) is 72.8 Å². The highest BCUT2D eigenvalue weighted by molar-refractivity contribution is 5.99. The van der Waals surface area contributed by atoms with Crippen molar-refractivity contribution >= 4 is 5.91 Å². The summed E-state index contributed by atoms with van der Waals surface area (Å²) in [4.78, 5) is 14.2. The maximum Gasteiger partial charge on any atom is 0.258 e. The Kier molecular flexibility index (Phi) is 3.66. The van der Waals surface area contributed by atoms with E-state index < -0.39 is 5.91 Å². The van der Waals surface area contributed by atoms with Crippen LogP contribution in [0, 0.1) is 0 Å². The van der Waals surface area contributed by atoms with Gasteiger partial charge in [0, 0.05) is 12.1 Å². The number of likely N-dealkylation sites (N-methyl/N-ethyl adjacent to an activating group) is 1. The van der Waals surface area contributed by atoms with Gasteiger partial charge in [-0.3, -0.25) is 4.79 Å². The Hall–Kier alpha value is -1.75. The van der Waals surface area contributed by atoms with Gasteiger partial charge in [-0.05, 0) is 45.5 Å². The van der Waals surface area contributed by atoms with Crippen molar-refractivity contribution < 1.29 is 15.0 Å². The fraction of sp³-hybridized carbons (Fsp3) is 0.500. The van der Waals surface area contributed by atoms with Gasteiger partial charge < -0.3 is 20.4 Å². The van der Waals surface area contributed by atoms with Gasteiger partial charge in [-0.1, -0.05) is 6.07 Å². The molecule has 1 amide bonds. The number of aromatic hydroxyl groups is 2. The Morgan fingerprint density at radius 2 is 1.89 bits per heavy atom. The summed E-state index contributed by atoms with van der Waals surface area (Å²) in [6, 6.07) is 4.27. The van der Waals surface area contributed by atoms with E-state index in [2.05, 4.69) is 10.2 Å². The van der Waals surface area contributed by atoms with Crippen molar-refractivity contribution in [2.45, 2.75) is 24.8 Å². The quantitative estimate of drug-likeness (QED) is 0.766. The molecule has 0 bridgehead atoms. The van der Waals surface area contributed by atoms with Crippen LogP contribution in [-0.2, 0) is 0 Å². The molecule has 0 aliphatic heterocycles. The lowest BCUT2D eigenvalue weighted by Gasteiger charge is -2.47. The molecule has 0 heterocycles. The number of nitrogens with one attached hydrogen (secondary N) is 1. The Morgan fingerprint density at radius 3 is 2.32 bits per heavy atom. The third kappa shape index (κ3) is 2.51. The molecular weight excluding hydrogens is 244 g/mol. The summed E-state index contributed by atoms with van der Waals surface area (Å²) in [6.07, 6.45) is 3.26. The van der Waals surface area contributed by atoms with Crippen LogP contribution in [0.5, 0.6) is 11.5 Å². The van der Waals surface area contributed by atoms with E-state index in [1.165, 1.54) is 18.2 Å². The first-order valence-electron chi connectivity index (χ1n) is 6.43. The predicted octanol–water partition coefficient (Wildman–Crippen LogP) is 1.31. The second-order valence-corrected chi connectivity index (χ2v) is 5.33. The van der Waals surface area contributed by atoms with Crippen molar-refractivity contribution in [2.75, 3.05) is 20.6 Å². The van der Waals surface area contributed by atoms with Crippen LogP contribution in [-0.4, -0.2) is 47.2 Å². The average Bonchev–Trinajstić information content (AvgIpc) is 2.26. The number of phenols is 2. The fourth-order valence-corrected chi connectivity index (χ4v) is 2.46. The summed E-state index contributed by atoms with van der Waals surface area (Å²) in [5, 5.41) is 22.1. The maximum atomic E-state index is 12.0. The number of rotatable bonds is 4. The molecule has 104 valence electrons. The van der Waals surface area contributed by atoms with Crippen LogP contribution in [0.25, 0.3) is 0 Å². The smallest absolute Gasteiger partial charge is 0.258 e. The molecule has 5 nitrogen and oxygen atoms in total. The van der Waals surface area contributed by atoms with E-state index in [0.717, 1.165) is 19.3 Å². The van der Waals surface area contributed by atoms with Crippen molar-refractivity contribution in [2.24, 2.45) is 0 Å². The largest absolute Gasteiger partial charge is 0.507 e. The van der Waals surface area contributed by atoms with Gasteiger partial charge in [0.2, 0.25) is 0 Å². The van der Waals surface area contributed by atoms with E-state index in [9.17, 15) is 15.0 Å². The minimum absolute atomic E-state index is 0.00960. The molecule has 2 rings (SSSR count). The molecule has 0 unspecified atom stereocenters. The molecule has 1 aliphatic rings. The monoisotopic (exact) mass is 264 g/mol. The number of carbonyl (C=O) groups is 1. The van der Waals surface area contributed by atoms with Crippen LogP contribution in [0.2, 0.25) is 0 Å². The number of hydrogen-bond donors (Lipinski definition) is 3. The molecule has 5 heteroatoms. The van der Waals surface area contributed by atoms with Crippen LogP contribution >= 0.6 is 0 Å². The van der Waals surface area contributed by atoms with Crippen LogP contribution in [0.15, 0.2) is 18.2 Å². The number of benzene rings is 1. The number of amides is 1. The number of phenolic OH excluding ortho intramolecular Hbond substituents is 2. The summed E-state index contributed by atoms with van der Waals surface area (Å²) >= 11 is 0. The highest BCUT2D eigenvalue weighted by Crippen LogP contribution is 2.35. The first-order chi connectivity index (χ1) is 8.96. The normalized spacial score (nSPS) is 17.0. The third-order valence-corrected chi connectivity index (χ3v) is 4.06. The molecule has 1 fully saturated rings. The summed E-state index contributed by atoms with van der Waals surface area (Å²) in [6.45, 7) is 0.520. The van der Waals surface area contributed by atoms with Crippen LogP contribution in [0.3, 0.4) is 0 Å². The van der Waals surface area contributed by atoms with Crippen LogP contribution < -0.4 is 5.32 Å². The second kappa shape index (κ2) is 5.09. The average molecular weight is 264 g/mol. The first-order valence-corrected chi connectivity index (χ1v) is 6.43. The number of carbonyl (C=O) groups excluding carboxylic acids is 1. The van der Waals surface area contributed by atoms with Gasteiger partial charge in [0.15, 0.2) is 0 Å². The summed E-state index contributed by atoms with van der Waals surface area (Å²) in [5.74, 6) is -0.848. The van der Waals surface area contributed by atoms with Gasteiger partial charge in [-0.25, -0.2) is 0 Å². The van der Waals surface area contributed by atoms with E-state index in [1.54, 1.807) is 0 Å². The van der Waals surface area contributed by atoms with Crippen LogP contribution in [0.4, 0.5) is 0 Å². The molecule has 1 saturated carbocycles. The lowest BCUT2D eigenvalue weighted by Crippen LogP contribution is -2.57. The Morgan fingerprint density at radius 1 is 1.32 bits per heavy atom. The number of nitrogens with zero attached hydrogens (tertiary/aromatic N) is 1.